The molecule has 0 saturated heterocycles. The van der Waals surface area contributed by atoms with Crippen LogP contribution >= 0.6 is 75.3 Å². The first-order chi connectivity index (χ1) is 12.1. The Hall–Kier alpha value is -1.01. The molecule has 0 atom stereocenters. The van der Waals surface area contributed by atoms with Crippen LogP contribution in [0, 0.1) is 10.1 Å². The molecule has 12 heteroatoms. The maximum absolute atomic E-state index is 12.7. The van der Waals surface area contributed by atoms with Crippen molar-refractivity contribution in [1.82, 2.24) is 0 Å². The molecule has 26 heavy (non-hydrogen) atoms. The lowest BCUT2D eigenvalue weighted by molar-refractivity contribution is -0.384. The van der Waals surface area contributed by atoms with Gasteiger partial charge in [0.25, 0.3) is 11.6 Å². The van der Waals surface area contributed by atoms with Gasteiger partial charge >= 0.3 is 5.97 Å². The number of nitrogens with one attached hydrogen (secondary N) is 1. The van der Waals surface area contributed by atoms with E-state index in [1.807, 2.05) is 0 Å². The number of hydrogen-bond donors (Lipinski definition) is 2. The van der Waals surface area contributed by atoms with Crippen molar-refractivity contribution in [2.24, 2.45) is 0 Å². The maximum atomic E-state index is 12.7. The van der Waals surface area contributed by atoms with Gasteiger partial charge in [-0.05, 0) is 75.9 Å². The van der Waals surface area contributed by atoms with Crippen molar-refractivity contribution in [1.29, 1.82) is 0 Å². The number of carbonyl (C=O) groups is 2. The number of benzene rings is 2. The first-order valence-electron chi connectivity index (χ1n) is 6.40. The van der Waals surface area contributed by atoms with Crippen molar-refractivity contribution < 1.29 is 19.6 Å². The number of halogens is 5. The van der Waals surface area contributed by atoms with Crippen LogP contribution in [0.25, 0.3) is 0 Å². The molecule has 0 saturated carbocycles. The van der Waals surface area contributed by atoms with Gasteiger partial charge < -0.3 is 10.4 Å². The first-order valence-corrected chi connectivity index (χ1v) is 9.95. The van der Waals surface area contributed by atoms with Crippen molar-refractivity contribution in [3.05, 3.63) is 62.4 Å². The minimum atomic E-state index is -1.34. The molecular formula is C14H5Br4ClN2O5. The van der Waals surface area contributed by atoms with E-state index in [1.54, 1.807) is 0 Å². The molecule has 0 radical (unpaired) electrons. The molecule has 0 bridgehead atoms. The summed E-state index contributed by atoms with van der Waals surface area (Å²) in [6.07, 6.45) is 0. The summed E-state index contributed by atoms with van der Waals surface area (Å²) in [5.74, 6) is -2.11. The fourth-order valence-corrected chi connectivity index (χ4v) is 4.62. The Labute approximate surface area is 184 Å². The van der Waals surface area contributed by atoms with Crippen LogP contribution in [-0.4, -0.2) is 21.9 Å². The Morgan fingerprint density at radius 1 is 1.04 bits per heavy atom. The maximum Gasteiger partial charge on any atom is 0.337 e. The molecule has 2 aromatic carbocycles. The monoisotopic (exact) mass is 632 g/mol. The minimum Gasteiger partial charge on any atom is -0.478 e. The van der Waals surface area contributed by atoms with Crippen LogP contribution in [0.1, 0.15) is 20.7 Å². The molecule has 0 aliphatic carbocycles. The molecule has 7 nitrogen and oxygen atoms in total. The average Bonchev–Trinajstić information content (AvgIpc) is 2.56. The summed E-state index contributed by atoms with van der Waals surface area (Å²) in [7, 11) is 0. The topological polar surface area (TPSA) is 110 Å². The number of aromatic carboxylic acids is 1. The standard InChI is InChI=1S/C14H5Br4ClN2O5/c15-9-7(8(14(23)24)10(16)12(18)11(9)17)13(22)20-4-1-2-5(19)6(3-4)21(25)26/h1-3H,(H,20,22)(H,23,24). The van der Waals surface area contributed by atoms with Crippen LogP contribution in [0.2, 0.25) is 5.02 Å². The first kappa shape index (κ1) is 21.3. The zero-order chi connectivity index (χ0) is 19.8. The number of nitro groups is 1. The zero-order valence-corrected chi connectivity index (χ0v) is 19.2. The molecule has 0 unspecified atom stereocenters. The van der Waals surface area contributed by atoms with E-state index in [9.17, 15) is 24.8 Å². The normalized spacial score (nSPS) is 10.5. The van der Waals surface area contributed by atoms with Gasteiger partial charge in [0.2, 0.25) is 0 Å². The van der Waals surface area contributed by atoms with E-state index in [1.165, 1.54) is 12.1 Å². The second-order valence-corrected chi connectivity index (χ2v) is 8.27. The van der Waals surface area contributed by atoms with Gasteiger partial charge in [0.1, 0.15) is 5.02 Å². The lowest BCUT2D eigenvalue weighted by atomic mass is 10.1. The number of rotatable bonds is 4. The van der Waals surface area contributed by atoms with Crippen LogP contribution in [-0.2, 0) is 0 Å². The number of anilines is 1. The molecule has 0 aromatic heterocycles. The van der Waals surface area contributed by atoms with Gasteiger partial charge in [-0.3, -0.25) is 14.9 Å². The number of hydrogen-bond acceptors (Lipinski definition) is 4. The Morgan fingerprint density at radius 2 is 1.58 bits per heavy atom. The highest BCUT2D eigenvalue weighted by molar-refractivity contribution is 9.15. The number of carboxylic acid groups (broad SMARTS) is 1. The zero-order valence-electron chi connectivity index (χ0n) is 12.1. The SMILES string of the molecule is O=C(O)c1c(Br)c(Br)c(Br)c(Br)c1C(=O)Nc1ccc(Cl)c([N+](=O)[O-])c1. The summed E-state index contributed by atoms with van der Waals surface area (Å²) >= 11 is 18.6. The van der Waals surface area contributed by atoms with Crippen LogP contribution in [0.3, 0.4) is 0 Å². The molecule has 2 aromatic rings. The van der Waals surface area contributed by atoms with Crippen LogP contribution in [0.4, 0.5) is 11.4 Å². The summed E-state index contributed by atoms with van der Waals surface area (Å²) < 4.78 is 1.18. The Kier molecular flexibility index (Phi) is 6.83. The number of nitrogens with zero attached hydrogens (tertiary/aromatic N) is 1. The highest BCUT2D eigenvalue weighted by atomic mass is 79.9. The van der Waals surface area contributed by atoms with E-state index in [0.717, 1.165) is 6.07 Å². The van der Waals surface area contributed by atoms with Gasteiger partial charge in [-0.2, -0.15) is 0 Å². The van der Waals surface area contributed by atoms with Crippen molar-refractivity contribution in [2.45, 2.75) is 0 Å². The Balaban J connectivity index is 2.56. The molecule has 136 valence electrons. The van der Waals surface area contributed by atoms with Gasteiger partial charge in [-0.1, -0.05) is 11.6 Å². The molecule has 0 heterocycles. The second-order valence-electron chi connectivity index (χ2n) is 4.69. The van der Waals surface area contributed by atoms with Gasteiger partial charge in [0.15, 0.2) is 0 Å². The average molecular weight is 636 g/mol. The largest absolute Gasteiger partial charge is 0.478 e. The lowest BCUT2D eigenvalue weighted by Crippen LogP contribution is -2.18. The summed E-state index contributed by atoms with van der Waals surface area (Å²) in [6.45, 7) is 0. The van der Waals surface area contributed by atoms with Gasteiger partial charge in [-0.15, -0.1) is 0 Å². The summed E-state index contributed by atoms with van der Waals surface area (Å²) in [6, 6.07) is 3.71. The summed E-state index contributed by atoms with van der Waals surface area (Å²) in [5, 5.41) is 22.8. The predicted octanol–water partition coefficient (Wildman–Crippen LogP) is 6.25. The molecule has 1 amide bonds. The molecular weight excluding hydrogens is 631 g/mol. The summed E-state index contributed by atoms with van der Waals surface area (Å²) in [4.78, 5) is 34.6. The van der Waals surface area contributed by atoms with Crippen LogP contribution in [0.5, 0.6) is 0 Å². The lowest BCUT2D eigenvalue weighted by Gasteiger charge is -2.14. The molecule has 0 aliphatic heterocycles. The van der Waals surface area contributed by atoms with Crippen LogP contribution in [0.15, 0.2) is 36.1 Å². The van der Waals surface area contributed by atoms with Gasteiger partial charge in [0, 0.05) is 29.6 Å². The van der Waals surface area contributed by atoms with E-state index < -0.39 is 16.8 Å². The molecule has 0 spiro atoms. The highest BCUT2D eigenvalue weighted by Crippen LogP contribution is 2.42. The van der Waals surface area contributed by atoms with E-state index in [0.29, 0.717) is 8.95 Å². The third-order valence-electron chi connectivity index (χ3n) is 3.11. The molecule has 0 aliphatic rings. The van der Waals surface area contributed by atoms with Gasteiger partial charge in [0.05, 0.1) is 16.1 Å². The van der Waals surface area contributed by atoms with Crippen molar-refractivity contribution in [2.75, 3.05) is 5.32 Å². The highest BCUT2D eigenvalue weighted by Gasteiger charge is 2.28. The second kappa shape index (κ2) is 8.34. The fourth-order valence-electron chi connectivity index (χ4n) is 1.97. The smallest absolute Gasteiger partial charge is 0.337 e. The van der Waals surface area contributed by atoms with Crippen molar-refractivity contribution >= 4 is 98.6 Å². The van der Waals surface area contributed by atoms with E-state index in [2.05, 4.69) is 69.0 Å². The Bertz CT molecular complexity index is 967. The third-order valence-corrected chi connectivity index (χ3v) is 8.20. The quantitative estimate of drug-likeness (QED) is 0.179. The van der Waals surface area contributed by atoms with Gasteiger partial charge in [-0.25, -0.2) is 4.79 Å². The van der Waals surface area contributed by atoms with Crippen molar-refractivity contribution in [3.8, 4) is 0 Å². The number of amides is 1. The summed E-state index contributed by atoms with van der Waals surface area (Å²) in [5.41, 5.74) is -0.755. The molecule has 2 rings (SSSR count). The fraction of sp³-hybridized carbons (Fsp3) is 0. The molecule has 0 fully saturated rings. The van der Waals surface area contributed by atoms with Crippen molar-refractivity contribution in [3.63, 3.8) is 0 Å². The molecule has 2 N–H and O–H groups in total. The van der Waals surface area contributed by atoms with Crippen LogP contribution < -0.4 is 5.32 Å². The number of nitro benzene ring substituents is 1. The van der Waals surface area contributed by atoms with E-state index >= 15 is 0 Å². The minimum absolute atomic E-state index is 0.0875. The Morgan fingerprint density at radius 3 is 2.08 bits per heavy atom. The van der Waals surface area contributed by atoms with E-state index in [4.69, 9.17) is 11.6 Å². The predicted molar refractivity (Wildman–Crippen MR) is 110 cm³/mol. The van der Waals surface area contributed by atoms with E-state index in [-0.39, 0.29) is 36.5 Å². The number of carboxylic acids is 1. The third kappa shape index (κ3) is 4.11. The number of carbonyl (C=O) groups excluding carboxylic acids is 1.